The van der Waals surface area contributed by atoms with Gasteiger partial charge in [-0.1, -0.05) is 35.9 Å². The number of carbonyl (C=O) groups excluding carboxylic acids is 3. The lowest BCUT2D eigenvalue weighted by Gasteiger charge is -2.15. The number of Topliss-reactive ketones (excluding diaryl/α,β-unsaturated/α-hetero) is 1. The summed E-state index contributed by atoms with van der Waals surface area (Å²) in [5, 5.41) is 0.450. The van der Waals surface area contributed by atoms with Crippen LogP contribution in [0.25, 0.3) is 17.4 Å². The molecule has 174 valence electrons. The molecule has 0 saturated carbocycles. The van der Waals surface area contributed by atoms with Gasteiger partial charge in [0.1, 0.15) is 28.5 Å². The molecule has 0 saturated heterocycles. The number of carbonyl (C=O) groups is 3. The molecule has 0 N–H and O–H groups in total. The van der Waals surface area contributed by atoms with E-state index in [-0.39, 0.29) is 22.8 Å². The average molecular weight is 500 g/mol. The van der Waals surface area contributed by atoms with Gasteiger partial charge in [0.15, 0.2) is 5.78 Å². The number of sulfonamides is 1. The Kier molecular flexibility index (Phi) is 6.41. The second-order valence-corrected chi connectivity index (χ2v) is 9.43. The quantitative estimate of drug-likeness (QED) is 0.209. The maximum absolute atomic E-state index is 13.0. The van der Waals surface area contributed by atoms with Crippen molar-refractivity contribution in [3.63, 3.8) is 0 Å². The zero-order valence-electron chi connectivity index (χ0n) is 17.9. The van der Waals surface area contributed by atoms with Crippen molar-refractivity contribution in [2.24, 2.45) is 0 Å². The zero-order valence-corrected chi connectivity index (χ0v) is 19.4. The van der Waals surface area contributed by atoms with Crippen molar-refractivity contribution < 1.29 is 32.0 Å². The number of ether oxygens (including phenoxy) is 1. The highest BCUT2D eigenvalue weighted by atomic mass is 35.5. The van der Waals surface area contributed by atoms with Crippen LogP contribution in [0, 0.1) is 0 Å². The van der Waals surface area contributed by atoms with Crippen molar-refractivity contribution in [3.8, 4) is 11.3 Å². The molecule has 4 rings (SSSR count). The molecule has 0 bridgehead atoms. The molecular weight excluding hydrogens is 482 g/mol. The normalized spacial score (nSPS) is 14.7. The SMILES string of the molecule is CCOC(=O)C(=Cc1ccc(-c2ccccc2Cl)o1)C(=O)CN1C(=O)c2ccccc2S1(=O)=O. The van der Waals surface area contributed by atoms with Crippen LogP contribution in [0.15, 0.2) is 75.5 Å². The number of hydrogen-bond acceptors (Lipinski definition) is 7. The fourth-order valence-electron chi connectivity index (χ4n) is 3.44. The number of rotatable bonds is 7. The molecule has 2 heterocycles. The van der Waals surface area contributed by atoms with Crippen molar-refractivity contribution >= 4 is 45.4 Å². The highest BCUT2D eigenvalue weighted by Gasteiger charge is 2.42. The lowest BCUT2D eigenvalue weighted by atomic mass is 10.1. The minimum Gasteiger partial charge on any atom is -0.462 e. The van der Waals surface area contributed by atoms with E-state index >= 15 is 0 Å². The first-order valence-electron chi connectivity index (χ1n) is 10.2. The summed E-state index contributed by atoms with van der Waals surface area (Å²) < 4.78 is 36.7. The molecule has 10 heteroatoms. The van der Waals surface area contributed by atoms with Crippen LogP contribution < -0.4 is 0 Å². The van der Waals surface area contributed by atoms with Crippen molar-refractivity contribution in [1.82, 2.24) is 4.31 Å². The number of fused-ring (bicyclic) bond motifs is 1. The van der Waals surface area contributed by atoms with E-state index in [0.717, 1.165) is 6.08 Å². The Morgan fingerprint density at radius 2 is 1.71 bits per heavy atom. The molecule has 1 aliphatic heterocycles. The maximum Gasteiger partial charge on any atom is 0.341 e. The first kappa shape index (κ1) is 23.5. The van der Waals surface area contributed by atoms with Gasteiger partial charge in [-0.2, -0.15) is 0 Å². The fraction of sp³-hybridized carbons (Fsp3) is 0.125. The van der Waals surface area contributed by atoms with E-state index in [1.54, 1.807) is 37.3 Å². The Bertz CT molecular complexity index is 1440. The highest BCUT2D eigenvalue weighted by Crippen LogP contribution is 2.31. The molecule has 34 heavy (non-hydrogen) atoms. The number of benzene rings is 2. The van der Waals surface area contributed by atoms with Gasteiger partial charge in [0.05, 0.1) is 17.2 Å². The van der Waals surface area contributed by atoms with E-state index in [1.807, 2.05) is 0 Å². The van der Waals surface area contributed by atoms with Crippen LogP contribution in [0.3, 0.4) is 0 Å². The first-order valence-corrected chi connectivity index (χ1v) is 12.0. The predicted octanol–water partition coefficient (Wildman–Crippen LogP) is 3.96. The molecule has 0 spiro atoms. The summed E-state index contributed by atoms with van der Waals surface area (Å²) in [7, 11) is -4.23. The van der Waals surface area contributed by atoms with E-state index in [1.165, 1.54) is 30.3 Å². The topological polar surface area (TPSA) is 111 Å². The van der Waals surface area contributed by atoms with Crippen molar-refractivity contribution in [1.29, 1.82) is 0 Å². The van der Waals surface area contributed by atoms with Gasteiger partial charge in [0.25, 0.3) is 15.9 Å². The van der Waals surface area contributed by atoms with E-state index in [9.17, 15) is 22.8 Å². The Labute approximate surface area is 200 Å². The van der Waals surface area contributed by atoms with E-state index < -0.39 is 39.8 Å². The number of hydrogen-bond donors (Lipinski definition) is 0. The third-order valence-corrected chi connectivity index (χ3v) is 7.16. The molecule has 0 unspecified atom stereocenters. The van der Waals surface area contributed by atoms with Crippen molar-refractivity contribution in [2.75, 3.05) is 13.2 Å². The molecule has 0 atom stereocenters. The Balaban J connectivity index is 1.66. The number of ketones is 1. The molecule has 8 nitrogen and oxygen atoms in total. The molecule has 1 aromatic heterocycles. The molecule has 1 aliphatic rings. The van der Waals surface area contributed by atoms with Gasteiger partial charge in [-0.25, -0.2) is 17.5 Å². The number of nitrogens with zero attached hydrogens (tertiary/aromatic N) is 1. The Hall–Kier alpha value is -3.69. The fourth-order valence-corrected chi connectivity index (χ4v) is 5.20. The number of furan rings is 1. The second kappa shape index (κ2) is 9.28. The van der Waals surface area contributed by atoms with Crippen LogP contribution in [0.2, 0.25) is 5.02 Å². The van der Waals surface area contributed by atoms with E-state index in [0.29, 0.717) is 20.7 Å². The third kappa shape index (κ3) is 4.27. The standard InChI is InChI=1S/C24H18ClNO7S/c1-2-32-24(29)18(13-15-11-12-21(33-15)16-7-3-5-9-19(16)25)20(27)14-26-23(28)17-8-4-6-10-22(17)34(26,30)31/h3-13H,2,14H2,1H3. The average Bonchev–Trinajstić information content (AvgIpc) is 3.35. The van der Waals surface area contributed by atoms with Crippen LogP contribution in [0.1, 0.15) is 23.0 Å². The van der Waals surface area contributed by atoms with Gasteiger partial charge >= 0.3 is 5.97 Å². The van der Waals surface area contributed by atoms with Gasteiger partial charge in [-0.05, 0) is 49.4 Å². The summed E-state index contributed by atoms with van der Waals surface area (Å²) in [6.45, 7) is 0.685. The van der Waals surface area contributed by atoms with Crippen LogP contribution >= 0.6 is 11.6 Å². The monoisotopic (exact) mass is 499 g/mol. The summed E-state index contributed by atoms with van der Waals surface area (Å²) in [6.07, 6.45) is 1.15. The van der Waals surface area contributed by atoms with Crippen LogP contribution in [0.5, 0.6) is 0 Å². The minimum atomic E-state index is -4.23. The smallest absolute Gasteiger partial charge is 0.341 e. The second-order valence-electron chi connectivity index (χ2n) is 7.20. The number of esters is 1. The lowest BCUT2D eigenvalue weighted by molar-refractivity contribution is -0.139. The zero-order chi connectivity index (χ0) is 24.5. The van der Waals surface area contributed by atoms with Crippen molar-refractivity contribution in [2.45, 2.75) is 11.8 Å². The van der Waals surface area contributed by atoms with Crippen LogP contribution in [-0.4, -0.2) is 43.5 Å². The summed E-state index contributed by atoms with van der Waals surface area (Å²) in [5.74, 6) is -2.18. The molecule has 0 fully saturated rings. The predicted molar refractivity (Wildman–Crippen MR) is 123 cm³/mol. The van der Waals surface area contributed by atoms with Gasteiger partial charge in [-0.15, -0.1) is 0 Å². The lowest BCUT2D eigenvalue weighted by Crippen LogP contribution is -2.36. The molecule has 0 radical (unpaired) electrons. The Morgan fingerprint density at radius 3 is 2.38 bits per heavy atom. The summed E-state index contributed by atoms with van der Waals surface area (Å²) >= 11 is 6.19. The van der Waals surface area contributed by atoms with Gasteiger partial charge in [0.2, 0.25) is 0 Å². The number of halogens is 1. The Morgan fingerprint density at radius 1 is 1.03 bits per heavy atom. The third-order valence-electron chi connectivity index (χ3n) is 5.05. The molecule has 2 aromatic carbocycles. The molecule has 3 aromatic rings. The number of amides is 1. The summed E-state index contributed by atoms with van der Waals surface area (Å²) in [6, 6.07) is 15.8. The largest absolute Gasteiger partial charge is 0.462 e. The first-order chi connectivity index (χ1) is 16.2. The van der Waals surface area contributed by atoms with Gasteiger partial charge < -0.3 is 9.15 Å². The van der Waals surface area contributed by atoms with Crippen LogP contribution in [-0.2, 0) is 24.3 Å². The van der Waals surface area contributed by atoms with Crippen LogP contribution in [0.4, 0.5) is 0 Å². The summed E-state index contributed by atoms with van der Waals surface area (Å²) in [5.41, 5.74) is 0.118. The van der Waals surface area contributed by atoms with Crippen molar-refractivity contribution in [3.05, 3.63) is 82.6 Å². The van der Waals surface area contributed by atoms with Gasteiger partial charge in [-0.3, -0.25) is 9.59 Å². The minimum absolute atomic E-state index is 0.0150. The molecule has 0 aliphatic carbocycles. The van der Waals surface area contributed by atoms with E-state index in [4.69, 9.17) is 20.8 Å². The molecule has 1 amide bonds. The van der Waals surface area contributed by atoms with Gasteiger partial charge in [0, 0.05) is 5.56 Å². The highest BCUT2D eigenvalue weighted by molar-refractivity contribution is 7.90. The molecular formula is C24H18ClNO7S. The maximum atomic E-state index is 13.0. The summed E-state index contributed by atoms with van der Waals surface area (Å²) in [4.78, 5) is 38.0. The van der Waals surface area contributed by atoms with E-state index in [2.05, 4.69) is 0 Å².